The van der Waals surface area contributed by atoms with Gasteiger partial charge in [0, 0.05) is 0 Å². The summed E-state index contributed by atoms with van der Waals surface area (Å²) >= 11 is 0. The summed E-state index contributed by atoms with van der Waals surface area (Å²) in [6.45, 7) is 12.7. The number of nitrogens with zero attached hydrogens (tertiary/aromatic N) is 1. The first-order chi connectivity index (χ1) is 8.08. The van der Waals surface area contributed by atoms with Crippen molar-refractivity contribution < 1.29 is 19.4 Å². The third-order valence-corrected chi connectivity index (χ3v) is 2.75. The predicted molar refractivity (Wildman–Crippen MR) is 68.1 cm³/mol. The number of aliphatic hydroxyl groups is 1. The number of rotatable bonds is 2. The van der Waals surface area contributed by atoms with Crippen LogP contribution in [0.1, 0.15) is 34.6 Å². The minimum atomic E-state index is -0.834. The Morgan fingerprint density at radius 3 is 2.61 bits per heavy atom. The van der Waals surface area contributed by atoms with Crippen LogP contribution < -0.4 is 0 Å². The molecule has 0 aromatic heterocycles. The summed E-state index contributed by atoms with van der Waals surface area (Å²) in [7, 11) is 0. The van der Waals surface area contributed by atoms with Gasteiger partial charge in [-0.1, -0.05) is 6.08 Å². The molecule has 1 amide bonds. The van der Waals surface area contributed by atoms with E-state index in [1.54, 1.807) is 34.6 Å². The van der Waals surface area contributed by atoms with Crippen LogP contribution in [-0.4, -0.2) is 46.2 Å². The molecule has 1 rings (SSSR count). The smallest absolute Gasteiger partial charge is 0.413 e. The second kappa shape index (κ2) is 4.90. The van der Waals surface area contributed by atoms with Crippen molar-refractivity contribution in [2.75, 3.05) is 6.61 Å². The second-order valence-electron chi connectivity index (χ2n) is 5.90. The van der Waals surface area contributed by atoms with Crippen LogP contribution in [0.5, 0.6) is 0 Å². The molecule has 1 saturated heterocycles. The van der Waals surface area contributed by atoms with E-state index in [0.717, 1.165) is 0 Å². The van der Waals surface area contributed by atoms with Crippen LogP contribution in [-0.2, 0) is 9.47 Å². The summed E-state index contributed by atoms with van der Waals surface area (Å²) in [4.78, 5) is 13.6. The van der Waals surface area contributed by atoms with Crippen molar-refractivity contribution >= 4 is 6.09 Å². The van der Waals surface area contributed by atoms with Gasteiger partial charge < -0.3 is 14.6 Å². The maximum absolute atomic E-state index is 12.2. The Kier molecular flexibility index (Phi) is 4.08. The van der Waals surface area contributed by atoms with E-state index in [0.29, 0.717) is 0 Å². The van der Waals surface area contributed by atoms with Gasteiger partial charge in [0.05, 0.1) is 18.8 Å². The van der Waals surface area contributed by atoms with Gasteiger partial charge in [0.1, 0.15) is 11.3 Å². The van der Waals surface area contributed by atoms with Crippen LogP contribution in [0.4, 0.5) is 4.79 Å². The van der Waals surface area contributed by atoms with Crippen molar-refractivity contribution in [2.24, 2.45) is 0 Å². The van der Waals surface area contributed by atoms with Gasteiger partial charge in [0.2, 0.25) is 0 Å². The molecule has 1 unspecified atom stereocenters. The summed E-state index contributed by atoms with van der Waals surface area (Å²) in [5.74, 6) is 0. The van der Waals surface area contributed by atoms with E-state index in [2.05, 4.69) is 6.58 Å². The summed E-state index contributed by atoms with van der Waals surface area (Å²) in [6, 6.07) is -0.465. The standard InChI is InChI=1S/C13H23NO4/c1-7-10(15)9-8-17-13(5,6)14(9)11(16)18-12(2,3)4/h7,9-10,15H,1,8H2,2-6H3/t9-,10?/m0/s1. The third-order valence-electron chi connectivity index (χ3n) is 2.75. The lowest BCUT2D eigenvalue weighted by molar-refractivity contribution is -0.0660. The first kappa shape index (κ1) is 15.0. The monoisotopic (exact) mass is 257 g/mol. The Labute approximate surface area is 108 Å². The van der Waals surface area contributed by atoms with Crippen LogP contribution in [0.15, 0.2) is 12.7 Å². The number of carbonyl (C=O) groups excluding carboxylic acids is 1. The largest absolute Gasteiger partial charge is 0.444 e. The SMILES string of the molecule is C=CC(O)[C@@H]1COC(C)(C)N1C(=O)OC(C)(C)C. The Hall–Kier alpha value is -1.07. The molecule has 1 aliphatic heterocycles. The predicted octanol–water partition coefficient (Wildman–Crippen LogP) is 1.91. The lowest BCUT2D eigenvalue weighted by atomic mass is 10.1. The van der Waals surface area contributed by atoms with E-state index in [9.17, 15) is 9.90 Å². The van der Waals surface area contributed by atoms with E-state index >= 15 is 0 Å². The Morgan fingerprint density at radius 1 is 1.61 bits per heavy atom. The zero-order valence-electron chi connectivity index (χ0n) is 11.8. The Bertz CT molecular complexity index is 332. The molecule has 0 aliphatic carbocycles. The molecule has 2 atom stereocenters. The van der Waals surface area contributed by atoms with E-state index in [1.165, 1.54) is 11.0 Å². The van der Waals surface area contributed by atoms with E-state index in [1.807, 2.05) is 0 Å². The number of amides is 1. The zero-order valence-corrected chi connectivity index (χ0v) is 11.8. The number of hydrogen-bond acceptors (Lipinski definition) is 4. The fourth-order valence-corrected chi connectivity index (χ4v) is 1.91. The number of ether oxygens (including phenoxy) is 2. The molecule has 0 radical (unpaired) electrons. The van der Waals surface area contributed by atoms with Crippen LogP contribution in [0.2, 0.25) is 0 Å². The molecule has 104 valence electrons. The van der Waals surface area contributed by atoms with E-state index in [4.69, 9.17) is 9.47 Å². The first-order valence-corrected chi connectivity index (χ1v) is 6.05. The lowest BCUT2D eigenvalue weighted by Crippen LogP contribution is -2.52. The van der Waals surface area contributed by atoms with Gasteiger partial charge in [-0.3, -0.25) is 4.90 Å². The van der Waals surface area contributed by atoms with Crippen molar-refractivity contribution in [1.29, 1.82) is 0 Å². The minimum absolute atomic E-state index is 0.263. The summed E-state index contributed by atoms with van der Waals surface area (Å²) in [5, 5.41) is 9.86. The summed E-state index contributed by atoms with van der Waals surface area (Å²) in [5.41, 5.74) is -1.38. The summed E-state index contributed by atoms with van der Waals surface area (Å²) < 4.78 is 10.9. The lowest BCUT2D eigenvalue weighted by Gasteiger charge is -2.35. The maximum Gasteiger partial charge on any atom is 0.413 e. The van der Waals surface area contributed by atoms with Gasteiger partial charge in [-0.15, -0.1) is 6.58 Å². The minimum Gasteiger partial charge on any atom is -0.444 e. The molecule has 0 saturated carbocycles. The zero-order chi connectivity index (χ0) is 14.1. The van der Waals surface area contributed by atoms with E-state index < -0.39 is 29.6 Å². The Morgan fingerprint density at radius 2 is 2.17 bits per heavy atom. The fraction of sp³-hybridized carbons (Fsp3) is 0.769. The molecule has 0 aromatic rings. The summed E-state index contributed by atoms with van der Waals surface area (Å²) in [6.07, 6.45) is 0.0717. The van der Waals surface area contributed by atoms with Crippen molar-refractivity contribution in [3.05, 3.63) is 12.7 Å². The maximum atomic E-state index is 12.2. The van der Waals surface area contributed by atoms with Crippen molar-refractivity contribution in [3.63, 3.8) is 0 Å². The highest BCUT2D eigenvalue weighted by molar-refractivity contribution is 5.70. The molecular weight excluding hydrogens is 234 g/mol. The molecule has 1 fully saturated rings. The number of aliphatic hydroxyl groups excluding tert-OH is 1. The van der Waals surface area contributed by atoms with Gasteiger partial charge in [-0.2, -0.15) is 0 Å². The second-order valence-corrected chi connectivity index (χ2v) is 5.90. The van der Waals surface area contributed by atoms with Gasteiger partial charge >= 0.3 is 6.09 Å². The highest BCUT2D eigenvalue weighted by Gasteiger charge is 2.47. The molecule has 1 heterocycles. The van der Waals surface area contributed by atoms with Gasteiger partial charge in [0.25, 0.3) is 0 Å². The molecule has 18 heavy (non-hydrogen) atoms. The average molecular weight is 257 g/mol. The first-order valence-electron chi connectivity index (χ1n) is 6.05. The van der Waals surface area contributed by atoms with Gasteiger partial charge in [-0.25, -0.2) is 4.79 Å². The number of carbonyl (C=O) groups is 1. The molecule has 5 heteroatoms. The Balaban J connectivity index is 2.92. The van der Waals surface area contributed by atoms with Crippen LogP contribution in [0.25, 0.3) is 0 Å². The molecule has 5 nitrogen and oxygen atoms in total. The normalized spacial score (nSPS) is 24.8. The molecular formula is C13H23NO4. The molecule has 1 aliphatic rings. The quantitative estimate of drug-likeness (QED) is 0.768. The highest BCUT2D eigenvalue weighted by atomic mass is 16.6. The number of hydrogen-bond donors (Lipinski definition) is 1. The van der Waals surface area contributed by atoms with Crippen molar-refractivity contribution in [3.8, 4) is 0 Å². The topological polar surface area (TPSA) is 59.0 Å². The van der Waals surface area contributed by atoms with Gasteiger partial charge in [-0.05, 0) is 34.6 Å². The van der Waals surface area contributed by atoms with Gasteiger partial charge in [0.15, 0.2) is 0 Å². The molecule has 1 N–H and O–H groups in total. The van der Waals surface area contributed by atoms with E-state index in [-0.39, 0.29) is 6.61 Å². The van der Waals surface area contributed by atoms with Crippen molar-refractivity contribution in [2.45, 2.75) is 58.1 Å². The third kappa shape index (κ3) is 3.23. The average Bonchev–Trinajstić information content (AvgIpc) is 2.50. The van der Waals surface area contributed by atoms with Crippen LogP contribution >= 0.6 is 0 Å². The fourth-order valence-electron chi connectivity index (χ4n) is 1.91. The van der Waals surface area contributed by atoms with Crippen LogP contribution in [0.3, 0.4) is 0 Å². The molecule has 0 spiro atoms. The van der Waals surface area contributed by atoms with Crippen LogP contribution in [0, 0.1) is 0 Å². The molecule has 0 bridgehead atoms. The van der Waals surface area contributed by atoms with Crippen molar-refractivity contribution in [1.82, 2.24) is 4.90 Å². The molecule has 0 aromatic carbocycles. The highest BCUT2D eigenvalue weighted by Crippen LogP contribution is 2.31.